The zero-order valence-electron chi connectivity index (χ0n) is 6.08. The highest BCUT2D eigenvalue weighted by molar-refractivity contribution is 5.25. The molecule has 0 atom stereocenters. The van der Waals surface area contributed by atoms with Crippen LogP contribution in [0.1, 0.15) is 5.56 Å². The number of nitrogens with zero attached hydrogens (tertiary/aromatic N) is 1. The molecule has 0 saturated heterocycles. The Labute approximate surface area is 65.9 Å². The van der Waals surface area contributed by atoms with Crippen molar-refractivity contribution in [3.63, 3.8) is 0 Å². The van der Waals surface area contributed by atoms with Gasteiger partial charge in [-0.25, -0.2) is 6.57 Å². The zero-order valence-corrected chi connectivity index (χ0v) is 6.08. The molecule has 0 aliphatic rings. The van der Waals surface area contributed by atoms with Crippen LogP contribution >= 0.6 is 0 Å². The molecule has 2 nitrogen and oxygen atoms in total. The van der Waals surface area contributed by atoms with Gasteiger partial charge in [0.05, 0.1) is 0 Å². The molecular formula is C9H8NO-. The van der Waals surface area contributed by atoms with Gasteiger partial charge in [-0.1, -0.05) is 24.3 Å². The predicted molar refractivity (Wildman–Crippen MR) is 41.1 cm³/mol. The first-order valence-corrected chi connectivity index (χ1v) is 3.42. The molecule has 0 heterocycles. The molecule has 0 aromatic heterocycles. The van der Waals surface area contributed by atoms with E-state index in [0.29, 0.717) is 6.54 Å². The molecule has 0 spiro atoms. The van der Waals surface area contributed by atoms with E-state index in [2.05, 4.69) is 4.85 Å². The molecule has 0 aliphatic heterocycles. The van der Waals surface area contributed by atoms with Gasteiger partial charge in [0.25, 0.3) is 0 Å². The van der Waals surface area contributed by atoms with E-state index in [1.165, 1.54) is 12.1 Å². The summed E-state index contributed by atoms with van der Waals surface area (Å²) in [7, 11) is 0. The van der Waals surface area contributed by atoms with Crippen LogP contribution in [0.15, 0.2) is 24.3 Å². The highest BCUT2D eigenvalue weighted by atomic mass is 16.3. The number of hydrogen-bond acceptors (Lipinski definition) is 1. The van der Waals surface area contributed by atoms with Gasteiger partial charge in [-0.3, -0.25) is 0 Å². The maximum absolute atomic E-state index is 10.6. The van der Waals surface area contributed by atoms with Crippen LogP contribution in [0.4, 0.5) is 0 Å². The van der Waals surface area contributed by atoms with Gasteiger partial charge in [0.2, 0.25) is 6.54 Å². The van der Waals surface area contributed by atoms with Gasteiger partial charge in [-0.05, 0) is 5.56 Å². The Bertz CT molecular complexity index is 258. The fourth-order valence-electron chi connectivity index (χ4n) is 0.841. The summed E-state index contributed by atoms with van der Waals surface area (Å²) < 4.78 is 0. The fraction of sp³-hybridized carbons (Fsp3) is 0.222. The van der Waals surface area contributed by atoms with Gasteiger partial charge >= 0.3 is 0 Å². The van der Waals surface area contributed by atoms with Gasteiger partial charge in [0, 0.05) is 6.42 Å². The van der Waals surface area contributed by atoms with Crippen molar-refractivity contribution >= 4 is 0 Å². The third-order valence-corrected chi connectivity index (χ3v) is 1.44. The summed E-state index contributed by atoms with van der Waals surface area (Å²) in [5.74, 6) is 0.0246. The summed E-state index contributed by atoms with van der Waals surface area (Å²) in [6, 6.07) is 6.60. The van der Waals surface area contributed by atoms with Crippen molar-refractivity contribution in [3.05, 3.63) is 41.2 Å². The predicted octanol–water partition coefficient (Wildman–Crippen LogP) is 1.22. The lowest BCUT2D eigenvalue weighted by atomic mass is 10.1. The lowest BCUT2D eigenvalue weighted by Crippen LogP contribution is -1.91. The van der Waals surface area contributed by atoms with Crippen molar-refractivity contribution in [2.75, 3.05) is 6.54 Å². The molecule has 1 rings (SSSR count). The number of rotatable bonds is 2. The summed E-state index contributed by atoms with van der Waals surface area (Å²) in [6.45, 7) is 7.06. The van der Waals surface area contributed by atoms with Gasteiger partial charge in [-0.2, -0.15) is 0 Å². The number of hydrogen-bond donors (Lipinski definition) is 0. The van der Waals surface area contributed by atoms with E-state index in [4.69, 9.17) is 6.57 Å². The van der Waals surface area contributed by atoms with Crippen molar-refractivity contribution in [3.8, 4) is 5.75 Å². The second-order valence-electron chi connectivity index (χ2n) is 2.28. The molecule has 0 N–H and O–H groups in total. The third kappa shape index (κ3) is 2.30. The van der Waals surface area contributed by atoms with E-state index < -0.39 is 0 Å². The Hall–Kier alpha value is -1.49. The van der Waals surface area contributed by atoms with E-state index in [-0.39, 0.29) is 5.75 Å². The average Bonchev–Trinajstić information content (AvgIpc) is 2.04. The van der Waals surface area contributed by atoms with Crippen LogP contribution in [0, 0.1) is 6.57 Å². The topological polar surface area (TPSA) is 27.4 Å². The van der Waals surface area contributed by atoms with Crippen LogP contribution in [0.5, 0.6) is 5.75 Å². The molecule has 1 aromatic carbocycles. The SMILES string of the molecule is [C-]#[N+]CCc1ccc([O-])cc1. The first kappa shape index (κ1) is 7.62. The Morgan fingerprint density at radius 2 is 1.91 bits per heavy atom. The molecule has 0 radical (unpaired) electrons. The van der Waals surface area contributed by atoms with Crippen molar-refractivity contribution in [2.45, 2.75) is 6.42 Å². The maximum atomic E-state index is 10.6. The van der Waals surface area contributed by atoms with Crippen LogP contribution in [0.2, 0.25) is 0 Å². The summed E-state index contributed by atoms with van der Waals surface area (Å²) in [4.78, 5) is 3.23. The molecule has 0 aliphatic carbocycles. The standard InChI is InChI=1S/C9H9NO/c1-10-7-6-8-2-4-9(11)5-3-8/h2-5,11H,6-7H2/p-1. The minimum Gasteiger partial charge on any atom is -0.872 e. The molecule has 1 aromatic rings. The molecule has 56 valence electrons. The Kier molecular flexibility index (Phi) is 2.51. The molecule has 0 saturated carbocycles. The summed E-state index contributed by atoms with van der Waals surface area (Å²) in [5.41, 5.74) is 1.06. The Balaban J connectivity index is 2.60. The summed E-state index contributed by atoms with van der Waals surface area (Å²) in [5, 5.41) is 10.6. The summed E-state index contributed by atoms with van der Waals surface area (Å²) >= 11 is 0. The quantitative estimate of drug-likeness (QED) is 0.576. The van der Waals surface area contributed by atoms with E-state index in [1.54, 1.807) is 12.1 Å². The van der Waals surface area contributed by atoms with Crippen molar-refractivity contribution in [2.24, 2.45) is 0 Å². The average molecular weight is 146 g/mol. The van der Waals surface area contributed by atoms with Gasteiger partial charge in [0.1, 0.15) is 0 Å². The van der Waals surface area contributed by atoms with E-state index >= 15 is 0 Å². The Morgan fingerprint density at radius 3 is 2.45 bits per heavy atom. The van der Waals surface area contributed by atoms with Crippen molar-refractivity contribution in [1.29, 1.82) is 0 Å². The first-order chi connectivity index (χ1) is 5.33. The lowest BCUT2D eigenvalue weighted by Gasteiger charge is -2.03. The van der Waals surface area contributed by atoms with Crippen molar-refractivity contribution < 1.29 is 5.11 Å². The smallest absolute Gasteiger partial charge is 0.218 e. The van der Waals surface area contributed by atoms with Crippen molar-refractivity contribution in [1.82, 2.24) is 0 Å². The van der Waals surface area contributed by atoms with Crippen LogP contribution in [0.25, 0.3) is 4.85 Å². The van der Waals surface area contributed by atoms with Crippen LogP contribution in [-0.2, 0) is 6.42 Å². The van der Waals surface area contributed by atoms with Gasteiger partial charge < -0.3 is 9.95 Å². The molecule has 2 heteroatoms. The van der Waals surface area contributed by atoms with Crippen LogP contribution < -0.4 is 5.11 Å². The highest BCUT2D eigenvalue weighted by Gasteiger charge is 1.91. The van der Waals surface area contributed by atoms with E-state index in [1.807, 2.05) is 0 Å². The molecule has 0 bridgehead atoms. The molecule has 0 unspecified atom stereocenters. The van der Waals surface area contributed by atoms with E-state index in [0.717, 1.165) is 12.0 Å². The maximum Gasteiger partial charge on any atom is 0.218 e. The lowest BCUT2D eigenvalue weighted by molar-refractivity contribution is -0.268. The second-order valence-corrected chi connectivity index (χ2v) is 2.28. The van der Waals surface area contributed by atoms with Gasteiger partial charge in [-0.15, -0.1) is 5.75 Å². The molecular weight excluding hydrogens is 138 g/mol. The first-order valence-electron chi connectivity index (χ1n) is 3.42. The normalized spacial score (nSPS) is 9.00. The highest BCUT2D eigenvalue weighted by Crippen LogP contribution is 2.06. The fourth-order valence-corrected chi connectivity index (χ4v) is 0.841. The largest absolute Gasteiger partial charge is 0.872 e. The zero-order chi connectivity index (χ0) is 8.10. The monoisotopic (exact) mass is 146 g/mol. The molecule has 0 amide bonds. The van der Waals surface area contributed by atoms with E-state index in [9.17, 15) is 5.11 Å². The Morgan fingerprint density at radius 1 is 1.27 bits per heavy atom. The molecule has 0 fully saturated rings. The molecule has 11 heavy (non-hydrogen) atoms. The van der Waals surface area contributed by atoms with Crippen LogP contribution in [-0.4, -0.2) is 6.54 Å². The minimum absolute atomic E-state index is 0.0246. The van der Waals surface area contributed by atoms with Crippen LogP contribution in [0.3, 0.4) is 0 Å². The summed E-state index contributed by atoms with van der Waals surface area (Å²) in [6.07, 6.45) is 0.740. The second kappa shape index (κ2) is 3.62. The third-order valence-electron chi connectivity index (χ3n) is 1.44. The number of benzene rings is 1. The van der Waals surface area contributed by atoms with Gasteiger partial charge in [0.15, 0.2) is 0 Å². The minimum atomic E-state index is 0.0246.